The summed E-state index contributed by atoms with van der Waals surface area (Å²) in [6.45, 7) is 0. The van der Waals surface area contributed by atoms with Gasteiger partial charge in [0.05, 0.1) is 56.9 Å². The zero-order valence-electron chi connectivity index (χ0n) is 53.5. The third kappa shape index (κ3) is 11.1. The second-order valence-corrected chi connectivity index (χ2v) is 22.6. The van der Waals surface area contributed by atoms with E-state index in [9.17, 15) is 0 Å². The van der Waals surface area contributed by atoms with E-state index in [1.807, 2.05) is 97.1 Å². The Morgan fingerprint density at radius 2 is 0.277 bits per heavy atom. The van der Waals surface area contributed by atoms with E-state index in [1.165, 1.54) is 0 Å². The third-order valence-corrected chi connectivity index (χ3v) is 17.6. The van der Waals surface area contributed by atoms with Crippen molar-refractivity contribution in [2.45, 2.75) is 0 Å². The van der Waals surface area contributed by atoms with Gasteiger partial charge in [-0.25, -0.2) is 0 Å². The maximum absolute atomic E-state index is 5.72. The summed E-state index contributed by atoms with van der Waals surface area (Å²) in [5.41, 5.74) is 22.2. The average Bonchev–Trinajstić information content (AvgIpc) is 1.55. The van der Waals surface area contributed by atoms with E-state index in [-0.39, 0.29) is 0 Å². The number of fused-ring (bicyclic) bond motifs is 6. The largest absolute Gasteiger partial charge is 0.497 e. The summed E-state index contributed by atoms with van der Waals surface area (Å²) in [7, 11) is 13.5. The van der Waals surface area contributed by atoms with Crippen LogP contribution in [0.25, 0.3) is 33.4 Å². The van der Waals surface area contributed by atoms with Crippen LogP contribution in [0, 0.1) is 0 Å². The highest BCUT2D eigenvalue weighted by atomic mass is 16.5. The Morgan fingerprint density at radius 3 is 0.404 bits per heavy atom. The minimum Gasteiger partial charge on any atom is -0.497 e. The van der Waals surface area contributed by atoms with Crippen molar-refractivity contribution in [3.8, 4) is 68.2 Å². The monoisotopic (exact) mass is 1240 g/mol. The van der Waals surface area contributed by atoms with Crippen LogP contribution in [0.4, 0.5) is 68.2 Å². The molecule has 12 heteroatoms. The van der Waals surface area contributed by atoms with Crippen molar-refractivity contribution in [2.24, 2.45) is 0 Å². The standard InChI is InChI=1S/C82H68N4O8/c1-87-65-29-9-53(10-30-65)83(54-11-31-66(88-2)32-12-54)61-25-45-73-74-46-26-62(84(55-13-33-67(89-3)34-14-55)56-15-35-68(90-4)36-16-56)50-78(74)81(77(73)49-61)82-79-51-63(85(57-17-37-69(91-5)38-18-57)58-19-39-70(92-6)40-20-58)27-47-75(79)76-48-28-64(52-80(76)82)86(59-21-41-71(93-7)42-22-59)60-23-43-72(94-8)44-24-60/h9-52H,1-8H3. The minimum absolute atomic E-state index is 0.761. The number of methoxy groups -OCH3 is 8. The zero-order chi connectivity index (χ0) is 64.4. The van der Waals surface area contributed by atoms with E-state index in [0.717, 1.165) is 170 Å². The molecule has 464 valence electrons. The maximum Gasteiger partial charge on any atom is 0.119 e. The molecule has 0 amide bonds. The zero-order valence-corrected chi connectivity index (χ0v) is 53.5. The molecule has 2 aliphatic rings. The molecular weight excluding hydrogens is 1170 g/mol. The van der Waals surface area contributed by atoms with Crippen molar-refractivity contribution in [3.63, 3.8) is 0 Å². The summed E-state index contributed by atoms with van der Waals surface area (Å²) in [5.74, 6) is 6.08. The molecule has 12 nitrogen and oxygen atoms in total. The summed E-state index contributed by atoms with van der Waals surface area (Å²) in [5, 5.41) is 0. The van der Waals surface area contributed by atoms with Gasteiger partial charge in [-0.3, -0.25) is 0 Å². The number of anilines is 12. The van der Waals surface area contributed by atoms with Gasteiger partial charge in [-0.05, 0) is 298 Å². The van der Waals surface area contributed by atoms with Gasteiger partial charge in [0.15, 0.2) is 0 Å². The Kier molecular flexibility index (Phi) is 16.3. The van der Waals surface area contributed by atoms with Crippen LogP contribution in [-0.2, 0) is 0 Å². The van der Waals surface area contributed by atoms with Crippen molar-refractivity contribution in [1.82, 2.24) is 0 Å². The fraction of sp³-hybridized carbons (Fsp3) is 0.0976. The Hall–Kier alpha value is -12.0. The molecule has 0 saturated carbocycles. The van der Waals surface area contributed by atoms with E-state index < -0.39 is 0 Å². The van der Waals surface area contributed by atoms with E-state index in [4.69, 9.17) is 37.9 Å². The Balaban J connectivity index is 1.08. The number of benzene rings is 12. The molecule has 0 unspecified atom stereocenters. The van der Waals surface area contributed by atoms with Gasteiger partial charge in [-0.1, -0.05) is 24.3 Å². The average molecular weight is 1240 g/mol. The van der Waals surface area contributed by atoms with Crippen molar-refractivity contribution >= 4 is 79.4 Å². The molecule has 0 saturated heterocycles. The molecule has 2 aliphatic carbocycles. The summed E-state index contributed by atoms with van der Waals surface area (Å²) in [6, 6.07) is 93.3. The predicted molar refractivity (Wildman–Crippen MR) is 380 cm³/mol. The lowest BCUT2D eigenvalue weighted by Gasteiger charge is -2.27. The third-order valence-electron chi connectivity index (χ3n) is 17.6. The number of rotatable bonds is 20. The van der Waals surface area contributed by atoms with Gasteiger partial charge in [0.1, 0.15) is 46.0 Å². The number of hydrogen-bond donors (Lipinski definition) is 0. The molecule has 0 heterocycles. The van der Waals surface area contributed by atoms with E-state index in [1.54, 1.807) is 56.9 Å². The Morgan fingerprint density at radius 1 is 0.149 bits per heavy atom. The van der Waals surface area contributed by atoms with Gasteiger partial charge in [0, 0.05) is 68.2 Å². The minimum atomic E-state index is 0.761. The second-order valence-electron chi connectivity index (χ2n) is 22.6. The summed E-state index contributed by atoms with van der Waals surface area (Å²) < 4.78 is 45.8. The molecular formula is C82H68N4O8. The van der Waals surface area contributed by atoms with Crippen LogP contribution in [0.2, 0.25) is 0 Å². The summed E-state index contributed by atoms with van der Waals surface area (Å²) >= 11 is 0. The number of hydrogen-bond acceptors (Lipinski definition) is 12. The van der Waals surface area contributed by atoms with Gasteiger partial charge in [-0.2, -0.15) is 0 Å². The molecule has 0 bridgehead atoms. The smallest absolute Gasteiger partial charge is 0.119 e. The number of nitrogens with zero attached hydrogens (tertiary/aromatic N) is 4. The predicted octanol–water partition coefficient (Wildman–Crippen LogP) is 20.6. The Bertz CT molecular complexity index is 3940. The molecule has 0 spiro atoms. The fourth-order valence-electron chi connectivity index (χ4n) is 12.9. The van der Waals surface area contributed by atoms with Crippen molar-refractivity contribution in [2.75, 3.05) is 76.5 Å². The summed E-state index contributed by atoms with van der Waals surface area (Å²) in [4.78, 5) is 9.17. The molecule has 0 radical (unpaired) electrons. The van der Waals surface area contributed by atoms with Crippen molar-refractivity contribution < 1.29 is 37.9 Å². The summed E-state index contributed by atoms with van der Waals surface area (Å²) in [6.07, 6.45) is 0. The Labute approximate surface area is 548 Å². The van der Waals surface area contributed by atoms with Crippen LogP contribution < -0.4 is 57.5 Å². The first-order chi connectivity index (χ1) is 46.2. The SMILES string of the molecule is COc1ccc(N(c2ccc(OC)cc2)c2ccc3c(c2)C(=C2c4cc(N(c5ccc(OC)cc5)c5ccc(OC)cc5)ccc4-c4ccc(N(c5ccc(OC)cc5)c5ccc(OC)cc5)cc42)c2cc(N(c4ccc(OC)cc4)c4ccc(OC)cc4)ccc2-3)cc1. The molecule has 0 aliphatic heterocycles. The second kappa shape index (κ2) is 25.7. The van der Waals surface area contributed by atoms with Crippen molar-refractivity contribution in [1.29, 1.82) is 0 Å². The van der Waals surface area contributed by atoms with Crippen LogP contribution in [-0.4, -0.2) is 56.9 Å². The van der Waals surface area contributed by atoms with Crippen LogP contribution in [0.5, 0.6) is 46.0 Å². The van der Waals surface area contributed by atoms with Gasteiger partial charge in [0.25, 0.3) is 0 Å². The van der Waals surface area contributed by atoms with Gasteiger partial charge in [-0.15, -0.1) is 0 Å². The highest BCUT2D eigenvalue weighted by molar-refractivity contribution is 6.20. The molecule has 12 aromatic rings. The first-order valence-corrected chi connectivity index (χ1v) is 30.9. The molecule has 14 rings (SSSR count). The normalized spacial score (nSPS) is 11.6. The van der Waals surface area contributed by atoms with Crippen LogP contribution in [0.3, 0.4) is 0 Å². The maximum atomic E-state index is 5.72. The lowest BCUT2D eigenvalue weighted by atomic mass is 9.90. The first kappa shape index (κ1) is 59.6. The molecule has 12 aromatic carbocycles. The highest BCUT2D eigenvalue weighted by Gasteiger charge is 2.36. The van der Waals surface area contributed by atoms with Gasteiger partial charge in [0.2, 0.25) is 0 Å². The lowest BCUT2D eigenvalue weighted by molar-refractivity contribution is 0.414. The molecule has 0 atom stereocenters. The van der Waals surface area contributed by atoms with Gasteiger partial charge >= 0.3 is 0 Å². The van der Waals surface area contributed by atoms with Crippen LogP contribution in [0.1, 0.15) is 22.3 Å². The first-order valence-electron chi connectivity index (χ1n) is 30.9. The quantitative estimate of drug-likeness (QED) is 0.0728. The number of ether oxygens (including phenoxy) is 8. The fourth-order valence-corrected chi connectivity index (χ4v) is 12.9. The lowest BCUT2D eigenvalue weighted by Crippen LogP contribution is -2.11. The van der Waals surface area contributed by atoms with Crippen LogP contribution >= 0.6 is 0 Å². The van der Waals surface area contributed by atoms with Gasteiger partial charge < -0.3 is 57.5 Å². The van der Waals surface area contributed by atoms with E-state index in [0.29, 0.717) is 0 Å². The topological polar surface area (TPSA) is 86.8 Å². The van der Waals surface area contributed by atoms with Crippen LogP contribution in [0.15, 0.2) is 267 Å². The van der Waals surface area contributed by atoms with E-state index in [2.05, 4.69) is 189 Å². The molecule has 0 fully saturated rings. The molecule has 0 N–H and O–H groups in total. The molecule has 94 heavy (non-hydrogen) atoms. The van der Waals surface area contributed by atoms with Crippen molar-refractivity contribution in [3.05, 3.63) is 289 Å². The van der Waals surface area contributed by atoms with E-state index >= 15 is 0 Å². The highest BCUT2D eigenvalue weighted by Crippen LogP contribution is 2.58. The molecule has 0 aromatic heterocycles.